The summed E-state index contributed by atoms with van der Waals surface area (Å²) in [7, 11) is 0. The zero-order valence-electron chi connectivity index (χ0n) is 15.5. The van der Waals surface area contributed by atoms with E-state index in [1.165, 1.54) is 0 Å². The minimum atomic E-state index is -0.805. The molecule has 0 atom stereocenters. The molecule has 0 aliphatic carbocycles. The summed E-state index contributed by atoms with van der Waals surface area (Å²) in [6.07, 6.45) is 1.90. The molecule has 2 rings (SSSR count). The van der Waals surface area contributed by atoms with Crippen LogP contribution in [0.25, 0.3) is 0 Å². The Bertz CT molecular complexity index is 780. The highest BCUT2D eigenvalue weighted by Gasteiger charge is 2.13. The quantitative estimate of drug-likeness (QED) is 0.493. The number of hydrogen-bond acceptors (Lipinski definition) is 3. The van der Waals surface area contributed by atoms with E-state index in [2.05, 4.69) is 0 Å². The van der Waals surface area contributed by atoms with Crippen molar-refractivity contribution in [2.24, 2.45) is 0 Å². The zero-order valence-corrected chi connectivity index (χ0v) is 17.0. The van der Waals surface area contributed by atoms with Crippen molar-refractivity contribution in [1.82, 2.24) is 0 Å². The first-order chi connectivity index (χ1) is 12.8. The van der Waals surface area contributed by atoms with E-state index < -0.39 is 5.97 Å². The monoisotopic (exact) mass is 410 g/mol. The van der Waals surface area contributed by atoms with E-state index in [0.717, 1.165) is 16.7 Å². The Kier molecular flexibility index (Phi) is 7.81. The number of carboxylic acid groups (broad SMARTS) is 1. The molecule has 0 unspecified atom stereocenters. The predicted molar refractivity (Wildman–Crippen MR) is 108 cm³/mol. The average Bonchev–Trinajstić information content (AvgIpc) is 2.58. The molecule has 0 aliphatic rings. The summed E-state index contributed by atoms with van der Waals surface area (Å²) >= 11 is 12.8. The van der Waals surface area contributed by atoms with Crippen molar-refractivity contribution >= 4 is 29.2 Å². The van der Waals surface area contributed by atoms with Gasteiger partial charge < -0.3 is 14.9 Å². The largest absolute Gasteiger partial charge is 0.508 e. The van der Waals surface area contributed by atoms with Crippen molar-refractivity contribution in [2.45, 2.75) is 45.4 Å². The van der Waals surface area contributed by atoms with Crippen LogP contribution in [-0.2, 0) is 11.2 Å². The van der Waals surface area contributed by atoms with Crippen LogP contribution in [0.4, 0.5) is 0 Å². The van der Waals surface area contributed by atoms with Crippen molar-refractivity contribution in [3.8, 4) is 11.5 Å². The minimum absolute atomic E-state index is 0.134. The van der Waals surface area contributed by atoms with E-state index in [4.69, 9.17) is 33.0 Å². The zero-order chi connectivity index (χ0) is 20.0. The van der Waals surface area contributed by atoms with Crippen LogP contribution in [0.3, 0.4) is 0 Å². The van der Waals surface area contributed by atoms with Gasteiger partial charge in [0.05, 0.1) is 6.61 Å². The maximum atomic E-state index is 10.5. The standard InChI is InChI=1S/C21H24Cl2O4/c1-13(2)16-9-14(6-7-20(16)24)10-17-18(22)11-15(12-19(17)23)27-8-4-3-5-21(25)26/h6-7,9,11-13,24H,3-5,8,10H2,1-2H3,(H,25,26). The fraction of sp³-hybridized carbons (Fsp3) is 0.381. The molecule has 0 amide bonds. The second kappa shape index (κ2) is 9.86. The van der Waals surface area contributed by atoms with Gasteiger partial charge in [-0.25, -0.2) is 0 Å². The van der Waals surface area contributed by atoms with Crippen LogP contribution < -0.4 is 4.74 Å². The summed E-state index contributed by atoms with van der Waals surface area (Å²) in [5, 5.41) is 19.6. The number of ether oxygens (including phenoxy) is 1. The molecule has 4 nitrogen and oxygen atoms in total. The van der Waals surface area contributed by atoms with Gasteiger partial charge in [-0.3, -0.25) is 4.79 Å². The maximum absolute atomic E-state index is 10.5. The lowest BCUT2D eigenvalue weighted by atomic mass is 9.96. The summed E-state index contributed by atoms with van der Waals surface area (Å²) in [4.78, 5) is 10.5. The number of carboxylic acids is 1. The molecular formula is C21H24Cl2O4. The van der Waals surface area contributed by atoms with E-state index >= 15 is 0 Å². The molecule has 2 N–H and O–H groups in total. The first-order valence-electron chi connectivity index (χ1n) is 8.92. The fourth-order valence-electron chi connectivity index (χ4n) is 2.78. The normalized spacial score (nSPS) is 11.0. The highest BCUT2D eigenvalue weighted by Crippen LogP contribution is 2.34. The van der Waals surface area contributed by atoms with E-state index in [0.29, 0.717) is 41.7 Å². The van der Waals surface area contributed by atoms with Gasteiger partial charge in [0.15, 0.2) is 0 Å². The van der Waals surface area contributed by atoms with Crippen molar-refractivity contribution in [3.63, 3.8) is 0 Å². The topological polar surface area (TPSA) is 66.8 Å². The molecule has 2 aromatic carbocycles. The van der Waals surface area contributed by atoms with E-state index in [-0.39, 0.29) is 18.1 Å². The van der Waals surface area contributed by atoms with Gasteiger partial charge in [0.1, 0.15) is 11.5 Å². The Morgan fingerprint density at radius 1 is 1.11 bits per heavy atom. The maximum Gasteiger partial charge on any atom is 0.303 e. The third-order valence-electron chi connectivity index (χ3n) is 4.26. The molecule has 0 spiro atoms. The number of halogens is 2. The summed E-state index contributed by atoms with van der Waals surface area (Å²) in [5.74, 6) is 0.267. The van der Waals surface area contributed by atoms with Crippen molar-refractivity contribution in [2.75, 3.05) is 6.61 Å². The summed E-state index contributed by atoms with van der Waals surface area (Å²) in [6.45, 7) is 4.47. The highest BCUT2D eigenvalue weighted by atomic mass is 35.5. The van der Waals surface area contributed by atoms with Crippen molar-refractivity contribution in [3.05, 3.63) is 57.1 Å². The van der Waals surface area contributed by atoms with Gasteiger partial charge in [-0.15, -0.1) is 0 Å². The third kappa shape index (κ3) is 6.33. The Morgan fingerprint density at radius 3 is 2.37 bits per heavy atom. The number of phenols is 1. The molecule has 27 heavy (non-hydrogen) atoms. The molecule has 0 aliphatic heterocycles. The summed E-state index contributed by atoms with van der Waals surface area (Å²) < 4.78 is 5.63. The SMILES string of the molecule is CC(C)c1cc(Cc2c(Cl)cc(OCCCCC(=O)O)cc2Cl)ccc1O. The first kappa shape index (κ1) is 21.4. The van der Waals surface area contributed by atoms with Crippen LogP contribution in [0.2, 0.25) is 10.0 Å². The molecule has 6 heteroatoms. The molecule has 0 saturated heterocycles. The lowest BCUT2D eigenvalue weighted by molar-refractivity contribution is -0.137. The van der Waals surface area contributed by atoms with E-state index in [1.54, 1.807) is 18.2 Å². The van der Waals surface area contributed by atoms with Gasteiger partial charge in [-0.1, -0.05) is 49.2 Å². The number of aliphatic carboxylic acids is 1. The van der Waals surface area contributed by atoms with Crippen LogP contribution in [0.15, 0.2) is 30.3 Å². The molecule has 0 fully saturated rings. The summed E-state index contributed by atoms with van der Waals surface area (Å²) in [6, 6.07) is 8.98. The number of rotatable bonds is 9. The lowest BCUT2D eigenvalue weighted by Gasteiger charge is -2.14. The van der Waals surface area contributed by atoms with Gasteiger partial charge >= 0.3 is 5.97 Å². The van der Waals surface area contributed by atoms with Gasteiger partial charge in [0, 0.05) is 22.9 Å². The van der Waals surface area contributed by atoms with Crippen LogP contribution in [0.5, 0.6) is 11.5 Å². The highest BCUT2D eigenvalue weighted by molar-refractivity contribution is 6.36. The van der Waals surface area contributed by atoms with Crippen LogP contribution >= 0.6 is 23.2 Å². The van der Waals surface area contributed by atoms with Crippen molar-refractivity contribution < 1.29 is 19.7 Å². The smallest absolute Gasteiger partial charge is 0.303 e. The van der Waals surface area contributed by atoms with Gasteiger partial charge in [0.2, 0.25) is 0 Å². The Morgan fingerprint density at radius 2 is 1.78 bits per heavy atom. The lowest BCUT2D eigenvalue weighted by Crippen LogP contribution is -2.01. The second-order valence-corrected chi connectivity index (χ2v) is 7.60. The average molecular weight is 411 g/mol. The molecule has 0 heterocycles. The molecule has 0 radical (unpaired) electrons. The third-order valence-corrected chi connectivity index (χ3v) is 4.94. The van der Waals surface area contributed by atoms with E-state index in [1.807, 2.05) is 26.0 Å². The first-order valence-corrected chi connectivity index (χ1v) is 9.67. The molecule has 146 valence electrons. The fourth-order valence-corrected chi connectivity index (χ4v) is 3.38. The second-order valence-electron chi connectivity index (χ2n) is 6.79. The van der Waals surface area contributed by atoms with Crippen LogP contribution in [0.1, 0.15) is 55.7 Å². The number of carbonyl (C=O) groups is 1. The number of aromatic hydroxyl groups is 1. The van der Waals surface area contributed by atoms with E-state index in [9.17, 15) is 9.90 Å². The molecule has 0 saturated carbocycles. The number of unbranched alkanes of at least 4 members (excludes halogenated alkanes) is 1. The van der Waals surface area contributed by atoms with Crippen LogP contribution in [0, 0.1) is 0 Å². The predicted octanol–water partition coefficient (Wildman–Crippen LogP) is 6.05. The number of hydrogen-bond donors (Lipinski definition) is 2. The Hall–Kier alpha value is -1.91. The molecular weight excluding hydrogens is 387 g/mol. The van der Waals surface area contributed by atoms with Crippen LogP contribution in [-0.4, -0.2) is 22.8 Å². The number of phenolic OH excluding ortho intramolecular Hbond substituents is 1. The molecule has 0 aromatic heterocycles. The van der Waals surface area contributed by atoms with Gasteiger partial charge in [-0.2, -0.15) is 0 Å². The van der Waals surface area contributed by atoms with Gasteiger partial charge in [0.25, 0.3) is 0 Å². The Balaban J connectivity index is 2.06. The number of benzene rings is 2. The Labute approximate surface area is 169 Å². The summed E-state index contributed by atoms with van der Waals surface area (Å²) in [5.41, 5.74) is 2.71. The van der Waals surface area contributed by atoms with Crippen molar-refractivity contribution in [1.29, 1.82) is 0 Å². The molecule has 2 aromatic rings. The van der Waals surface area contributed by atoms with Gasteiger partial charge in [-0.05, 0) is 53.6 Å². The molecule has 0 bridgehead atoms. The minimum Gasteiger partial charge on any atom is -0.508 e.